The van der Waals surface area contributed by atoms with Crippen LogP contribution in [-0.2, 0) is 4.79 Å². The molecule has 0 aliphatic heterocycles. The molecule has 0 aromatic heterocycles. The number of halogens is 3. The van der Waals surface area contributed by atoms with Crippen LogP contribution in [0.4, 0.5) is 5.69 Å². The van der Waals surface area contributed by atoms with Gasteiger partial charge in [0.25, 0.3) is 11.8 Å². The summed E-state index contributed by atoms with van der Waals surface area (Å²) in [6, 6.07) is 9.97. The summed E-state index contributed by atoms with van der Waals surface area (Å²) in [6.07, 6.45) is 0.810. The summed E-state index contributed by atoms with van der Waals surface area (Å²) in [5.74, 6) is -0.347. The van der Waals surface area contributed by atoms with Crippen LogP contribution >= 0.6 is 39.1 Å². The Hall–Kier alpha value is -1.76. The SMILES string of the molecule is CCC(C)NC(=O)c1ccccc1NC(=O)COc1c(Cl)cc(Cl)cc1Br. The van der Waals surface area contributed by atoms with Gasteiger partial charge in [-0.3, -0.25) is 9.59 Å². The number of rotatable bonds is 7. The van der Waals surface area contributed by atoms with E-state index in [1.165, 1.54) is 6.07 Å². The van der Waals surface area contributed by atoms with Crippen molar-refractivity contribution in [3.63, 3.8) is 0 Å². The topological polar surface area (TPSA) is 67.4 Å². The molecular weight excluding hydrogens is 455 g/mol. The van der Waals surface area contributed by atoms with Gasteiger partial charge in [0.05, 0.1) is 20.7 Å². The third-order valence-electron chi connectivity index (χ3n) is 3.75. The zero-order valence-electron chi connectivity index (χ0n) is 14.8. The quantitative estimate of drug-likeness (QED) is 0.573. The Morgan fingerprint density at radius 1 is 1.22 bits per heavy atom. The molecule has 5 nitrogen and oxygen atoms in total. The van der Waals surface area contributed by atoms with Crippen molar-refractivity contribution in [3.8, 4) is 5.75 Å². The van der Waals surface area contributed by atoms with E-state index in [1.54, 1.807) is 30.3 Å². The highest BCUT2D eigenvalue weighted by atomic mass is 79.9. The van der Waals surface area contributed by atoms with Crippen molar-refractivity contribution in [2.45, 2.75) is 26.3 Å². The number of hydrogen-bond donors (Lipinski definition) is 2. The van der Waals surface area contributed by atoms with Crippen LogP contribution in [0.2, 0.25) is 10.0 Å². The molecule has 27 heavy (non-hydrogen) atoms. The number of anilines is 1. The number of hydrogen-bond acceptors (Lipinski definition) is 3. The van der Waals surface area contributed by atoms with Crippen LogP contribution in [0.15, 0.2) is 40.9 Å². The highest BCUT2D eigenvalue weighted by Gasteiger charge is 2.16. The van der Waals surface area contributed by atoms with Gasteiger partial charge in [-0.05, 0) is 53.5 Å². The number of amides is 2. The molecular formula is C19H19BrCl2N2O3. The molecule has 0 fully saturated rings. The van der Waals surface area contributed by atoms with E-state index >= 15 is 0 Å². The molecule has 0 aliphatic rings. The van der Waals surface area contributed by atoms with Gasteiger partial charge in [0.15, 0.2) is 12.4 Å². The van der Waals surface area contributed by atoms with Gasteiger partial charge in [0.1, 0.15) is 0 Å². The summed E-state index contributed by atoms with van der Waals surface area (Å²) in [4.78, 5) is 24.7. The summed E-state index contributed by atoms with van der Waals surface area (Å²) < 4.78 is 6.03. The smallest absolute Gasteiger partial charge is 0.262 e. The van der Waals surface area contributed by atoms with Gasteiger partial charge >= 0.3 is 0 Å². The number of para-hydroxylation sites is 1. The molecule has 0 spiro atoms. The lowest BCUT2D eigenvalue weighted by molar-refractivity contribution is -0.118. The second-order valence-electron chi connectivity index (χ2n) is 5.86. The molecule has 0 radical (unpaired) electrons. The van der Waals surface area contributed by atoms with E-state index < -0.39 is 5.91 Å². The molecule has 2 aromatic rings. The van der Waals surface area contributed by atoms with Crippen LogP contribution in [-0.4, -0.2) is 24.5 Å². The first-order valence-corrected chi connectivity index (χ1v) is 9.83. The first-order chi connectivity index (χ1) is 12.8. The van der Waals surface area contributed by atoms with E-state index in [0.29, 0.717) is 26.5 Å². The van der Waals surface area contributed by atoms with Crippen molar-refractivity contribution in [1.82, 2.24) is 5.32 Å². The third kappa shape index (κ3) is 6.13. The zero-order valence-corrected chi connectivity index (χ0v) is 17.9. The second-order valence-corrected chi connectivity index (χ2v) is 7.56. The van der Waals surface area contributed by atoms with Crippen LogP contribution in [0.25, 0.3) is 0 Å². The zero-order chi connectivity index (χ0) is 20.0. The van der Waals surface area contributed by atoms with Crippen LogP contribution in [0.5, 0.6) is 5.75 Å². The minimum Gasteiger partial charge on any atom is -0.481 e. The lowest BCUT2D eigenvalue weighted by Gasteiger charge is -2.15. The monoisotopic (exact) mass is 472 g/mol. The summed E-state index contributed by atoms with van der Waals surface area (Å²) >= 11 is 15.3. The third-order valence-corrected chi connectivity index (χ3v) is 4.83. The highest BCUT2D eigenvalue weighted by molar-refractivity contribution is 9.10. The molecule has 8 heteroatoms. The number of carbonyl (C=O) groups is 2. The van der Waals surface area contributed by atoms with Gasteiger partial charge in [0, 0.05) is 11.1 Å². The van der Waals surface area contributed by atoms with E-state index in [4.69, 9.17) is 27.9 Å². The molecule has 0 saturated heterocycles. The molecule has 2 aromatic carbocycles. The maximum atomic E-state index is 12.4. The van der Waals surface area contributed by atoms with E-state index in [0.717, 1.165) is 6.42 Å². The number of benzene rings is 2. The average molecular weight is 474 g/mol. The number of nitrogens with one attached hydrogen (secondary N) is 2. The molecule has 2 N–H and O–H groups in total. The van der Waals surface area contributed by atoms with Crippen molar-refractivity contribution >= 4 is 56.6 Å². The fraction of sp³-hybridized carbons (Fsp3) is 0.263. The maximum Gasteiger partial charge on any atom is 0.262 e. The van der Waals surface area contributed by atoms with Crippen molar-refractivity contribution in [2.75, 3.05) is 11.9 Å². The molecule has 144 valence electrons. The van der Waals surface area contributed by atoms with Gasteiger partial charge < -0.3 is 15.4 Å². The summed E-state index contributed by atoms with van der Waals surface area (Å²) in [5.41, 5.74) is 0.796. The van der Waals surface area contributed by atoms with Crippen molar-refractivity contribution in [2.24, 2.45) is 0 Å². The van der Waals surface area contributed by atoms with Gasteiger partial charge in [-0.25, -0.2) is 0 Å². The Morgan fingerprint density at radius 2 is 1.93 bits per heavy atom. The summed E-state index contributed by atoms with van der Waals surface area (Å²) in [7, 11) is 0. The normalized spacial score (nSPS) is 11.6. The fourth-order valence-electron chi connectivity index (χ4n) is 2.18. The predicted molar refractivity (Wildman–Crippen MR) is 112 cm³/mol. The first-order valence-electron chi connectivity index (χ1n) is 8.28. The minimum absolute atomic E-state index is 0.0361. The molecule has 0 heterocycles. The van der Waals surface area contributed by atoms with E-state index in [1.807, 2.05) is 13.8 Å². The molecule has 2 amide bonds. The van der Waals surface area contributed by atoms with Crippen molar-refractivity contribution in [3.05, 3.63) is 56.5 Å². The van der Waals surface area contributed by atoms with Gasteiger partial charge in [-0.1, -0.05) is 42.3 Å². The lowest BCUT2D eigenvalue weighted by Crippen LogP contribution is -2.33. The van der Waals surface area contributed by atoms with E-state index in [2.05, 4.69) is 26.6 Å². The van der Waals surface area contributed by atoms with Crippen LogP contribution < -0.4 is 15.4 Å². The number of ether oxygens (including phenoxy) is 1. The van der Waals surface area contributed by atoms with Crippen LogP contribution in [0, 0.1) is 0 Å². The molecule has 2 rings (SSSR count). The van der Waals surface area contributed by atoms with Gasteiger partial charge in [-0.2, -0.15) is 0 Å². The second kappa shape index (κ2) is 9.97. The van der Waals surface area contributed by atoms with Crippen molar-refractivity contribution in [1.29, 1.82) is 0 Å². The van der Waals surface area contributed by atoms with E-state index in [-0.39, 0.29) is 23.6 Å². The largest absolute Gasteiger partial charge is 0.481 e. The number of carbonyl (C=O) groups excluding carboxylic acids is 2. The lowest BCUT2D eigenvalue weighted by atomic mass is 10.1. The standard InChI is InChI=1S/C19H19BrCl2N2O3/c1-3-11(2)23-19(26)13-6-4-5-7-16(13)24-17(25)10-27-18-14(20)8-12(21)9-15(18)22/h4-9,11H,3,10H2,1-2H3,(H,23,26)(H,24,25). The van der Waals surface area contributed by atoms with Gasteiger partial charge in [-0.15, -0.1) is 0 Å². The Labute approximate surface area is 176 Å². The Balaban J connectivity index is 2.05. The van der Waals surface area contributed by atoms with E-state index in [9.17, 15) is 9.59 Å². The van der Waals surface area contributed by atoms with Crippen molar-refractivity contribution < 1.29 is 14.3 Å². The molecule has 1 atom stereocenters. The van der Waals surface area contributed by atoms with Crippen LogP contribution in [0.1, 0.15) is 30.6 Å². The molecule has 0 bridgehead atoms. The summed E-state index contributed by atoms with van der Waals surface area (Å²) in [5, 5.41) is 6.31. The van der Waals surface area contributed by atoms with Gasteiger partial charge in [0.2, 0.25) is 0 Å². The highest BCUT2D eigenvalue weighted by Crippen LogP contribution is 2.36. The maximum absolute atomic E-state index is 12.4. The Morgan fingerprint density at radius 3 is 2.59 bits per heavy atom. The molecule has 1 unspecified atom stereocenters. The predicted octanol–water partition coefficient (Wildman–Crippen LogP) is 5.30. The van der Waals surface area contributed by atoms with Crippen LogP contribution in [0.3, 0.4) is 0 Å². The Kier molecular flexibility index (Phi) is 7.95. The summed E-state index contributed by atoms with van der Waals surface area (Å²) in [6.45, 7) is 3.62. The average Bonchev–Trinajstić information content (AvgIpc) is 2.61. The Bertz CT molecular complexity index is 822. The first kappa shape index (κ1) is 21.5. The molecule has 0 aliphatic carbocycles. The minimum atomic E-state index is -0.420. The molecule has 0 saturated carbocycles. The fourth-order valence-corrected chi connectivity index (χ4v) is 3.55.